The zero-order chi connectivity index (χ0) is 14.7. The maximum absolute atomic E-state index is 11.1. The topological polar surface area (TPSA) is 75.8 Å². The number of aliphatic hydroxyl groups excluding tert-OH is 1. The van der Waals surface area contributed by atoms with Crippen molar-refractivity contribution in [1.29, 1.82) is 0 Å². The number of likely N-dealkylation sites (N-methyl/N-ethyl adjacent to an activating group) is 1. The molecule has 0 amide bonds. The lowest BCUT2D eigenvalue weighted by molar-refractivity contribution is -0.383. The van der Waals surface area contributed by atoms with Crippen molar-refractivity contribution in [2.45, 2.75) is 38.4 Å². The highest BCUT2D eigenvalue weighted by atomic mass is 32.1. The van der Waals surface area contributed by atoms with E-state index in [1.54, 1.807) is 6.92 Å². The van der Waals surface area contributed by atoms with Crippen LogP contribution in [0, 0.1) is 10.1 Å². The molecule has 1 aromatic heterocycles. The molecule has 1 saturated heterocycles. The third-order valence-corrected chi connectivity index (χ3v) is 4.83. The third-order valence-electron chi connectivity index (χ3n) is 3.42. The number of nitrogens with zero attached hydrogens (tertiary/aromatic N) is 2. The first kappa shape index (κ1) is 15.2. The van der Waals surface area contributed by atoms with E-state index in [0.717, 1.165) is 25.9 Å². The molecule has 1 aliphatic rings. The first-order chi connectivity index (χ1) is 9.49. The van der Waals surface area contributed by atoms with Gasteiger partial charge in [-0.3, -0.25) is 10.1 Å². The lowest BCUT2D eigenvalue weighted by atomic mass is 10.1. The third kappa shape index (κ3) is 3.47. The van der Waals surface area contributed by atoms with Crippen molar-refractivity contribution in [1.82, 2.24) is 0 Å². The van der Waals surface area contributed by atoms with Crippen LogP contribution in [0.25, 0.3) is 0 Å². The standard InChI is InChI=1S/C13H20N2O4S/c1-9(16)12-7-11(15(17)18)13(20-12)14(2)8-10-5-3-4-6-19-10/h7,9-10,16H,3-6,8H2,1-2H3. The highest BCUT2D eigenvalue weighted by Crippen LogP contribution is 2.39. The summed E-state index contributed by atoms with van der Waals surface area (Å²) < 4.78 is 5.67. The van der Waals surface area contributed by atoms with E-state index in [9.17, 15) is 15.2 Å². The Kier molecular flexibility index (Phi) is 4.95. The van der Waals surface area contributed by atoms with Crippen LogP contribution in [0.2, 0.25) is 0 Å². The lowest BCUT2D eigenvalue weighted by Gasteiger charge is -2.27. The molecule has 2 heterocycles. The minimum Gasteiger partial charge on any atom is -0.388 e. The van der Waals surface area contributed by atoms with Gasteiger partial charge in [0, 0.05) is 31.1 Å². The van der Waals surface area contributed by atoms with Gasteiger partial charge >= 0.3 is 5.69 Å². The predicted octanol–water partition coefficient (Wildman–Crippen LogP) is 2.71. The number of ether oxygens (including phenoxy) is 1. The summed E-state index contributed by atoms with van der Waals surface area (Å²) in [5.41, 5.74) is 0.0595. The summed E-state index contributed by atoms with van der Waals surface area (Å²) in [6, 6.07) is 1.46. The van der Waals surface area contributed by atoms with Gasteiger partial charge in [-0.2, -0.15) is 0 Å². The van der Waals surface area contributed by atoms with E-state index >= 15 is 0 Å². The Morgan fingerprint density at radius 2 is 2.40 bits per heavy atom. The largest absolute Gasteiger partial charge is 0.388 e. The van der Waals surface area contributed by atoms with Crippen LogP contribution in [-0.2, 0) is 4.74 Å². The molecule has 0 aromatic carbocycles. The van der Waals surface area contributed by atoms with Crippen LogP contribution in [0.1, 0.15) is 37.2 Å². The fourth-order valence-corrected chi connectivity index (χ4v) is 3.37. The van der Waals surface area contributed by atoms with Crippen LogP contribution < -0.4 is 4.90 Å². The Hall–Kier alpha value is -1.18. The molecule has 6 nitrogen and oxygen atoms in total. The highest BCUT2D eigenvalue weighted by Gasteiger charge is 2.25. The lowest BCUT2D eigenvalue weighted by Crippen LogP contribution is -2.33. The van der Waals surface area contributed by atoms with E-state index in [1.807, 2.05) is 11.9 Å². The molecule has 1 N–H and O–H groups in total. The minimum absolute atomic E-state index is 0.0595. The summed E-state index contributed by atoms with van der Waals surface area (Å²) >= 11 is 1.27. The van der Waals surface area contributed by atoms with Gasteiger partial charge in [0.15, 0.2) is 5.00 Å². The summed E-state index contributed by atoms with van der Waals surface area (Å²) in [5.74, 6) is 0. The van der Waals surface area contributed by atoms with E-state index in [2.05, 4.69) is 0 Å². The van der Waals surface area contributed by atoms with Gasteiger partial charge in [-0.25, -0.2) is 0 Å². The molecule has 1 fully saturated rings. The van der Waals surface area contributed by atoms with Crippen molar-refractivity contribution in [3.8, 4) is 0 Å². The van der Waals surface area contributed by atoms with E-state index in [0.29, 0.717) is 16.4 Å². The summed E-state index contributed by atoms with van der Waals surface area (Å²) in [7, 11) is 1.84. The van der Waals surface area contributed by atoms with Crippen LogP contribution in [-0.4, -0.2) is 36.3 Å². The Labute approximate surface area is 122 Å². The van der Waals surface area contributed by atoms with Crippen molar-refractivity contribution < 1.29 is 14.8 Å². The van der Waals surface area contributed by atoms with Gasteiger partial charge in [-0.1, -0.05) is 0 Å². The van der Waals surface area contributed by atoms with Gasteiger partial charge in [-0.15, -0.1) is 11.3 Å². The average Bonchev–Trinajstić information content (AvgIpc) is 2.85. The number of aliphatic hydroxyl groups is 1. The van der Waals surface area contributed by atoms with Crippen LogP contribution in [0.4, 0.5) is 10.7 Å². The predicted molar refractivity (Wildman–Crippen MR) is 78.5 cm³/mol. The van der Waals surface area contributed by atoms with Gasteiger partial charge in [0.2, 0.25) is 0 Å². The van der Waals surface area contributed by atoms with Gasteiger partial charge in [-0.05, 0) is 26.2 Å². The fraction of sp³-hybridized carbons (Fsp3) is 0.692. The van der Waals surface area contributed by atoms with Crippen molar-refractivity contribution in [3.63, 3.8) is 0 Å². The van der Waals surface area contributed by atoms with Crippen LogP contribution in [0.3, 0.4) is 0 Å². The normalized spacial score (nSPS) is 20.6. The first-order valence-electron chi connectivity index (χ1n) is 6.78. The number of nitro groups is 1. The summed E-state index contributed by atoms with van der Waals surface area (Å²) in [5, 5.41) is 21.3. The molecule has 0 saturated carbocycles. The van der Waals surface area contributed by atoms with E-state index < -0.39 is 11.0 Å². The Bertz CT molecular complexity index is 469. The van der Waals surface area contributed by atoms with Gasteiger partial charge < -0.3 is 14.7 Å². The molecule has 0 aliphatic carbocycles. The minimum atomic E-state index is -0.688. The smallest absolute Gasteiger partial charge is 0.304 e. The highest BCUT2D eigenvalue weighted by molar-refractivity contribution is 7.16. The Balaban J connectivity index is 2.14. The summed E-state index contributed by atoms with van der Waals surface area (Å²) in [6.45, 7) is 3.02. The number of thiophene rings is 1. The monoisotopic (exact) mass is 300 g/mol. The number of anilines is 1. The molecular weight excluding hydrogens is 280 g/mol. The second-order valence-electron chi connectivity index (χ2n) is 5.14. The van der Waals surface area contributed by atoms with Crippen LogP contribution >= 0.6 is 11.3 Å². The molecule has 112 valence electrons. The van der Waals surface area contributed by atoms with E-state index in [-0.39, 0.29) is 11.8 Å². The number of hydrogen-bond donors (Lipinski definition) is 1. The zero-order valence-corrected chi connectivity index (χ0v) is 12.6. The van der Waals surface area contributed by atoms with Crippen molar-refractivity contribution in [3.05, 3.63) is 21.1 Å². The molecular formula is C13H20N2O4S. The second-order valence-corrected chi connectivity index (χ2v) is 6.20. The molecule has 2 rings (SSSR count). The van der Waals surface area contributed by atoms with Gasteiger partial charge in [0.1, 0.15) is 0 Å². The van der Waals surface area contributed by atoms with Crippen LogP contribution in [0.5, 0.6) is 0 Å². The Morgan fingerprint density at radius 3 is 2.95 bits per heavy atom. The molecule has 7 heteroatoms. The quantitative estimate of drug-likeness (QED) is 0.668. The fourth-order valence-electron chi connectivity index (χ4n) is 2.34. The molecule has 2 atom stereocenters. The molecule has 1 aromatic rings. The zero-order valence-electron chi connectivity index (χ0n) is 11.7. The van der Waals surface area contributed by atoms with Crippen molar-refractivity contribution in [2.75, 3.05) is 25.1 Å². The second kappa shape index (κ2) is 6.51. The van der Waals surface area contributed by atoms with Gasteiger partial charge in [0.25, 0.3) is 0 Å². The summed E-state index contributed by atoms with van der Waals surface area (Å²) in [6.07, 6.45) is 2.67. The first-order valence-corrected chi connectivity index (χ1v) is 7.59. The molecule has 1 aliphatic heterocycles. The van der Waals surface area contributed by atoms with Crippen molar-refractivity contribution in [2.24, 2.45) is 0 Å². The molecule has 2 unspecified atom stereocenters. The number of rotatable bonds is 5. The molecule has 0 radical (unpaired) electrons. The van der Waals surface area contributed by atoms with Crippen LogP contribution in [0.15, 0.2) is 6.07 Å². The summed E-state index contributed by atoms with van der Waals surface area (Å²) in [4.78, 5) is 13.2. The Morgan fingerprint density at radius 1 is 1.65 bits per heavy atom. The van der Waals surface area contributed by atoms with Gasteiger partial charge in [0.05, 0.1) is 17.1 Å². The number of hydrogen-bond acceptors (Lipinski definition) is 6. The SMILES string of the molecule is CC(O)c1cc([N+](=O)[O-])c(N(C)CC2CCCCO2)s1. The average molecular weight is 300 g/mol. The maximum atomic E-state index is 11.1. The maximum Gasteiger partial charge on any atom is 0.304 e. The molecule has 0 spiro atoms. The molecule has 20 heavy (non-hydrogen) atoms. The van der Waals surface area contributed by atoms with E-state index in [4.69, 9.17) is 4.74 Å². The van der Waals surface area contributed by atoms with Crippen molar-refractivity contribution >= 4 is 22.0 Å². The van der Waals surface area contributed by atoms with E-state index in [1.165, 1.54) is 17.4 Å². The molecule has 0 bridgehead atoms.